The van der Waals surface area contributed by atoms with Crippen LogP contribution in [-0.2, 0) is 0 Å². The zero-order chi connectivity index (χ0) is 3.41. The van der Waals surface area contributed by atoms with Gasteiger partial charge < -0.3 is 0 Å². The van der Waals surface area contributed by atoms with Crippen molar-refractivity contribution in [1.82, 2.24) is 0 Å². The molecule has 0 rings (SSSR count). The zero-order valence-electron chi connectivity index (χ0n) is 2.65. The van der Waals surface area contributed by atoms with Crippen molar-refractivity contribution in [2.24, 2.45) is 0 Å². The van der Waals surface area contributed by atoms with E-state index in [0.29, 0.717) is 0 Å². The predicted molar refractivity (Wildman–Crippen MR) is 20.6 cm³/mol. The van der Waals surface area contributed by atoms with Gasteiger partial charge >= 0.3 is 39.6 Å². The standard InChI is InChI=1S/C3H5.Sn/c1-3-2;/h1,3H,2H3;. The van der Waals surface area contributed by atoms with Crippen molar-refractivity contribution in [1.29, 1.82) is 0 Å². The number of hydrogen-bond donors (Lipinski definition) is 0. The molecule has 0 amide bonds. The summed E-state index contributed by atoms with van der Waals surface area (Å²) in [6, 6.07) is 0. The van der Waals surface area contributed by atoms with Crippen molar-refractivity contribution in [2.45, 2.75) is 6.92 Å². The summed E-state index contributed by atoms with van der Waals surface area (Å²) in [5.74, 6) is 0. The van der Waals surface area contributed by atoms with Gasteiger partial charge in [-0.1, -0.05) is 0 Å². The van der Waals surface area contributed by atoms with Crippen LogP contribution in [0.15, 0.2) is 10.2 Å². The van der Waals surface area contributed by atoms with Gasteiger partial charge in [-0.25, -0.2) is 0 Å². The Morgan fingerprint density at radius 2 is 2.00 bits per heavy atom. The summed E-state index contributed by atoms with van der Waals surface area (Å²) < 4.78 is 2.09. The quantitative estimate of drug-likeness (QED) is 0.457. The van der Waals surface area contributed by atoms with Crippen LogP contribution in [0.25, 0.3) is 0 Å². The molecular weight excluding hydrogens is 155 g/mol. The Morgan fingerprint density at radius 1 is 1.75 bits per heavy atom. The van der Waals surface area contributed by atoms with E-state index >= 15 is 0 Å². The molecule has 4 heavy (non-hydrogen) atoms. The topological polar surface area (TPSA) is 0 Å². The molecule has 0 saturated heterocycles. The van der Waals surface area contributed by atoms with Gasteiger partial charge in [-0.05, 0) is 0 Å². The summed E-state index contributed by atoms with van der Waals surface area (Å²) in [5, 5.41) is 0. The van der Waals surface area contributed by atoms with E-state index in [1.807, 2.05) is 13.0 Å². The average Bonchev–Trinajstić information content (AvgIpc) is 1.37. The van der Waals surface area contributed by atoms with Crippen LogP contribution in [0.4, 0.5) is 0 Å². The monoisotopic (exact) mass is 161 g/mol. The van der Waals surface area contributed by atoms with Gasteiger partial charge in [-0.15, -0.1) is 0 Å². The van der Waals surface area contributed by atoms with Gasteiger partial charge in [-0.2, -0.15) is 0 Å². The van der Waals surface area contributed by atoms with Crippen LogP contribution in [0.5, 0.6) is 0 Å². The van der Waals surface area contributed by atoms with Gasteiger partial charge in [-0.3, -0.25) is 0 Å². The van der Waals surface area contributed by atoms with Crippen LogP contribution < -0.4 is 0 Å². The first-order chi connectivity index (χ1) is 1.91. The summed E-state index contributed by atoms with van der Waals surface area (Å²) in [6.45, 7) is 2.02. The predicted octanol–water partition coefficient (Wildman–Crippen LogP) is 0.689. The Labute approximate surface area is 40.0 Å². The second-order valence-corrected chi connectivity index (χ2v) is 1.45. The second kappa shape index (κ2) is 3.54. The second-order valence-electron chi connectivity index (χ2n) is 0.500. The van der Waals surface area contributed by atoms with Crippen molar-refractivity contribution in [3.63, 3.8) is 0 Å². The fourth-order valence-corrected chi connectivity index (χ4v) is 0. The van der Waals surface area contributed by atoms with Gasteiger partial charge in [0.2, 0.25) is 0 Å². The van der Waals surface area contributed by atoms with E-state index in [-0.39, 0.29) is 0 Å². The van der Waals surface area contributed by atoms with E-state index in [0.717, 1.165) is 0 Å². The van der Waals surface area contributed by atoms with E-state index < -0.39 is 0 Å². The van der Waals surface area contributed by atoms with Crippen LogP contribution in [0, 0.1) is 0 Å². The molecule has 0 aliphatic carbocycles. The third-order valence-electron chi connectivity index (χ3n) is 0.167. The molecule has 0 spiro atoms. The third kappa shape index (κ3) is 2.54. The molecule has 0 aliphatic heterocycles. The Bertz CT molecular complexity index is 18.5. The van der Waals surface area contributed by atoms with Crippen LogP contribution in [0.1, 0.15) is 6.92 Å². The summed E-state index contributed by atoms with van der Waals surface area (Å²) in [6.07, 6.45) is 2.04. The van der Waals surface area contributed by atoms with Crippen molar-refractivity contribution >= 4 is 22.5 Å². The number of allylic oxidation sites excluding steroid dienone is 1. The van der Waals surface area contributed by atoms with Crippen molar-refractivity contribution < 1.29 is 0 Å². The summed E-state index contributed by atoms with van der Waals surface area (Å²) >= 11 is 1.49. The Morgan fingerprint density at radius 3 is 2.00 bits per heavy atom. The first kappa shape index (κ1) is 4.54. The molecule has 0 atom stereocenters. The van der Waals surface area contributed by atoms with Crippen LogP contribution in [0.3, 0.4) is 0 Å². The fourth-order valence-electron chi connectivity index (χ4n) is 0. The maximum absolute atomic E-state index is 2.09. The van der Waals surface area contributed by atoms with Gasteiger partial charge in [0.05, 0.1) is 0 Å². The molecule has 0 saturated carbocycles. The molecule has 0 N–H and O–H groups in total. The molecule has 0 unspecified atom stereocenters. The van der Waals surface area contributed by atoms with E-state index in [2.05, 4.69) is 4.09 Å². The Kier molecular flexibility index (Phi) is 4.02. The van der Waals surface area contributed by atoms with Crippen LogP contribution in [0.2, 0.25) is 0 Å². The molecule has 0 nitrogen and oxygen atoms in total. The average molecular weight is 160 g/mol. The van der Waals surface area contributed by atoms with E-state index in [4.69, 9.17) is 0 Å². The minimum atomic E-state index is 1.49. The molecule has 0 heterocycles. The molecule has 0 fully saturated rings. The summed E-state index contributed by atoms with van der Waals surface area (Å²) in [5.41, 5.74) is 0. The maximum atomic E-state index is 2.09. The van der Waals surface area contributed by atoms with E-state index in [9.17, 15) is 0 Å². The van der Waals surface area contributed by atoms with Gasteiger partial charge in [0, 0.05) is 0 Å². The van der Waals surface area contributed by atoms with Crippen molar-refractivity contribution in [2.75, 3.05) is 0 Å². The normalized spacial score (nSPS) is 9.50. The van der Waals surface area contributed by atoms with Crippen LogP contribution >= 0.6 is 0 Å². The summed E-state index contributed by atoms with van der Waals surface area (Å²) in [4.78, 5) is 0. The van der Waals surface area contributed by atoms with E-state index in [1.54, 1.807) is 0 Å². The van der Waals surface area contributed by atoms with Crippen molar-refractivity contribution in [3.8, 4) is 0 Å². The summed E-state index contributed by atoms with van der Waals surface area (Å²) in [7, 11) is 0. The molecular formula is C3H5Sn. The van der Waals surface area contributed by atoms with Gasteiger partial charge in [0.15, 0.2) is 0 Å². The Hall–Kier alpha value is 0.539. The molecule has 0 aromatic heterocycles. The molecule has 0 aliphatic rings. The SMILES string of the molecule is C/C=[CH]\[Sn]. The van der Waals surface area contributed by atoms with Crippen molar-refractivity contribution in [3.05, 3.63) is 10.2 Å². The fraction of sp³-hybridized carbons (Fsp3) is 0.333. The van der Waals surface area contributed by atoms with E-state index in [1.165, 1.54) is 22.5 Å². The molecule has 21 valence electrons. The van der Waals surface area contributed by atoms with Gasteiger partial charge in [0.1, 0.15) is 0 Å². The molecule has 1 heteroatoms. The molecule has 0 bridgehead atoms. The third-order valence-corrected chi connectivity index (χ3v) is 1.12. The first-order valence-electron chi connectivity index (χ1n) is 1.20. The zero-order valence-corrected chi connectivity index (χ0v) is 5.51. The number of hydrogen-bond acceptors (Lipinski definition) is 0. The van der Waals surface area contributed by atoms with Gasteiger partial charge in [0.25, 0.3) is 0 Å². The number of rotatable bonds is 0. The minimum absolute atomic E-state index is 1.49. The molecule has 0 aromatic carbocycles. The van der Waals surface area contributed by atoms with Crippen LogP contribution in [-0.4, -0.2) is 22.5 Å². The Balaban J connectivity index is 2.55. The first-order valence-corrected chi connectivity index (χ1v) is 2.85. The molecule has 0 aromatic rings. The molecule has 3 radical (unpaired) electrons.